The maximum Gasteiger partial charge on any atom is 0.416 e. The summed E-state index contributed by atoms with van der Waals surface area (Å²) in [5, 5.41) is 12.0. The van der Waals surface area contributed by atoms with Crippen LogP contribution in [-0.2, 0) is 23.7 Å². The lowest BCUT2D eigenvalue weighted by Gasteiger charge is -2.20. The Morgan fingerprint density at radius 2 is 1.55 bits per heavy atom. The lowest BCUT2D eigenvalue weighted by molar-refractivity contribution is -0.144. The third-order valence-corrected chi connectivity index (χ3v) is 4.75. The summed E-state index contributed by atoms with van der Waals surface area (Å²) in [6.45, 7) is -0.327. The fourth-order valence-electron chi connectivity index (χ4n) is 3.22. The summed E-state index contributed by atoms with van der Waals surface area (Å²) in [5.41, 5.74) is -3.21. The third kappa shape index (κ3) is 5.67. The van der Waals surface area contributed by atoms with Crippen molar-refractivity contribution in [2.24, 2.45) is 0 Å². The molecule has 0 radical (unpaired) electrons. The predicted molar refractivity (Wildman–Crippen MR) is 103 cm³/mol. The van der Waals surface area contributed by atoms with Crippen LogP contribution in [0.3, 0.4) is 0 Å². The van der Waals surface area contributed by atoms with Crippen LogP contribution in [0.15, 0.2) is 60.9 Å². The van der Waals surface area contributed by atoms with Crippen LogP contribution in [-0.4, -0.2) is 16.1 Å². The maximum atomic E-state index is 14.2. The Morgan fingerprint density at radius 3 is 2.09 bits per heavy atom. The van der Waals surface area contributed by atoms with E-state index in [0.717, 1.165) is 0 Å². The number of hydrogen-bond donors (Lipinski definition) is 2. The number of aliphatic carboxylic acids is 1. The van der Waals surface area contributed by atoms with Gasteiger partial charge in [-0.05, 0) is 47.0 Å². The van der Waals surface area contributed by atoms with E-state index in [1.165, 1.54) is 36.7 Å². The highest BCUT2D eigenvalue weighted by Gasteiger charge is 2.38. The average Bonchev–Trinajstić information content (AvgIpc) is 2.73. The van der Waals surface area contributed by atoms with Gasteiger partial charge in [0.15, 0.2) is 0 Å². The second-order valence-electron chi connectivity index (χ2n) is 7.00. The zero-order chi connectivity index (χ0) is 24.4. The van der Waals surface area contributed by atoms with Gasteiger partial charge in [0, 0.05) is 24.5 Å². The molecule has 0 spiro atoms. The minimum atomic E-state index is -5.12. The average molecular weight is 472 g/mol. The fourth-order valence-corrected chi connectivity index (χ4v) is 3.22. The normalized spacial score (nSPS) is 13.1. The lowest BCUT2D eigenvalue weighted by atomic mass is 9.98. The van der Waals surface area contributed by atoms with E-state index in [-0.39, 0.29) is 23.7 Å². The molecule has 0 aliphatic heterocycles. The third-order valence-electron chi connectivity index (χ3n) is 4.75. The van der Waals surface area contributed by atoms with Crippen LogP contribution in [0.2, 0.25) is 0 Å². The van der Waals surface area contributed by atoms with Gasteiger partial charge in [0.2, 0.25) is 0 Å². The molecule has 4 nitrogen and oxygen atoms in total. The van der Waals surface area contributed by atoms with Crippen molar-refractivity contribution in [2.75, 3.05) is 0 Å². The first-order valence-corrected chi connectivity index (χ1v) is 9.31. The summed E-state index contributed by atoms with van der Waals surface area (Å²) in [6, 6.07) is 5.85. The lowest BCUT2D eigenvalue weighted by Crippen LogP contribution is -2.29. The number of pyridine rings is 1. The van der Waals surface area contributed by atoms with E-state index in [0.29, 0.717) is 17.7 Å². The van der Waals surface area contributed by atoms with Crippen LogP contribution in [0.1, 0.15) is 28.3 Å². The predicted octanol–water partition coefficient (Wildman–Crippen LogP) is 5.84. The number of alkyl halides is 6. The van der Waals surface area contributed by atoms with Crippen molar-refractivity contribution in [3.05, 3.63) is 89.0 Å². The van der Waals surface area contributed by atoms with Crippen molar-refractivity contribution in [2.45, 2.75) is 24.9 Å². The Labute approximate surface area is 182 Å². The summed E-state index contributed by atoms with van der Waals surface area (Å²) < 4.78 is 93.1. The van der Waals surface area contributed by atoms with E-state index in [2.05, 4.69) is 10.3 Å². The molecule has 2 N–H and O–H groups in total. The summed E-state index contributed by atoms with van der Waals surface area (Å²) in [6.07, 6.45) is -7.59. The van der Waals surface area contributed by atoms with Gasteiger partial charge in [-0.1, -0.05) is 18.2 Å². The van der Waals surface area contributed by atoms with Crippen LogP contribution < -0.4 is 5.32 Å². The molecule has 174 valence electrons. The van der Waals surface area contributed by atoms with Gasteiger partial charge < -0.3 is 5.11 Å². The minimum absolute atomic E-state index is 0.0835. The number of carboxylic acids is 1. The Balaban J connectivity index is 1.99. The molecular weight excluding hydrogens is 457 g/mol. The van der Waals surface area contributed by atoms with Crippen LogP contribution in [0, 0.1) is 5.82 Å². The molecule has 0 saturated carbocycles. The smallest absolute Gasteiger partial charge is 0.416 e. The Hall–Kier alpha value is -3.47. The first kappa shape index (κ1) is 24.2. The SMILES string of the molecule is O=C(O)C(NCc1cnccc1-c1ccccc1F)c1cc(C(F)(F)F)cc(C(F)(F)F)c1. The van der Waals surface area contributed by atoms with E-state index in [9.17, 15) is 40.6 Å². The highest BCUT2D eigenvalue weighted by atomic mass is 19.4. The highest BCUT2D eigenvalue weighted by molar-refractivity contribution is 5.76. The van der Waals surface area contributed by atoms with Crippen LogP contribution in [0.5, 0.6) is 0 Å². The minimum Gasteiger partial charge on any atom is -0.480 e. The summed E-state index contributed by atoms with van der Waals surface area (Å²) in [7, 11) is 0. The van der Waals surface area contributed by atoms with Crippen LogP contribution in [0.4, 0.5) is 30.7 Å². The van der Waals surface area contributed by atoms with E-state index in [4.69, 9.17) is 0 Å². The second-order valence-corrected chi connectivity index (χ2v) is 7.00. The number of benzene rings is 2. The highest BCUT2D eigenvalue weighted by Crippen LogP contribution is 2.37. The van der Waals surface area contributed by atoms with Crippen molar-refractivity contribution >= 4 is 5.97 Å². The number of carboxylic acid groups (broad SMARTS) is 1. The van der Waals surface area contributed by atoms with Crippen molar-refractivity contribution in [3.63, 3.8) is 0 Å². The van der Waals surface area contributed by atoms with Gasteiger partial charge in [0.1, 0.15) is 11.9 Å². The molecule has 0 fully saturated rings. The number of nitrogens with zero attached hydrogens (tertiary/aromatic N) is 1. The maximum absolute atomic E-state index is 14.2. The molecule has 3 aromatic rings. The van der Waals surface area contributed by atoms with E-state index in [1.54, 1.807) is 6.07 Å². The summed E-state index contributed by atoms with van der Waals surface area (Å²) in [5.74, 6) is -2.27. The number of hydrogen-bond acceptors (Lipinski definition) is 3. The standard InChI is InChI=1S/C22H15F7N2O2/c23-18-4-2-1-3-17(18)16-5-6-30-10-13(16)11-31-19(20(32)33)12-7-14(21(24,25)26)9-15(8-12)22(27,28)29/h1-10,19,31H,11H2,(H,32,33). The molecule has 0 saturated heterocycles. The van der Waals surface area contributed by atoms with Crippen molar-refractivity contribution in [1.82, 2.24) is 10.3 Å². The first-order chi connectivity index (χ1) is 15.4. The van der Waals surface area contributed by atoms with Gasteiger partial charge in [-0.25, -0.2) is 4.39 Å². The zero-order valence-electron chi connectivity index (χ0n) is 16.5. The Morgan fingerprint density at radius 1 is 0.939 bits per heavy atom. The van der Waals surface area contributed by atoms with Crippen molar-refractivity contribution in [1.29, 1.82) is 0 Å². The largest absolute Gasteiger partial charge is 0.480 e. The van der Waals surface area contributed by atoms with E-state index < -0.39 is 46.9 Å². The van der Waals surface area contributed by atoms with Crippen LogP contribution in [0.25, 0.3) is 11.1 Å². The molecule has 2 aromatic carbocycles. The van der Waals surface area contributed by atoms with E-state index in [1.807, 2.05) is 0 Å². The molecule has 1 unspecified atom stereocenters. The summed E-state index contributed by atoms with van der Waals surface area (Å²) in [4.78, 5) is 15.6. The fraction of sp³-hybridized carbons (Fsp3) is 0.182. The Kier molecular flexibility index (Phi) is 6.73. The number of halogens is 7. The monoisotopic (exact) mass is 472 g/mol. The summed E-state index contributed by atoms with van der Waals surface area (Å²) >= 11 is 0. The van der Waals surface area contributed by atoms with Crippen molar-refractivity contribution in [3.8, 4) is 11.1 Å². The molecule has 3 rings (SSSR count). The van der Waals surface area contributed by atoms with Gasteiger partial charge >= 0.3 is 18.3 Å². The zero-order valence-corrected chi connectivity index (χ0v) is 16.5. The van der Waals surface area contributed by atoms with Gasteiger partial charge in [-0.2, -0.15) is 26.3 Å². The number of carbonyl (C=O) groups is 1. The molecule has 0 bridgehead atoms. The molecule has 0 aliphatic rings. The molecule has 33 heavy (non-hydrogen) atoms. The van der Waals surface area contributed by atoms with Gasteiger partial charge in [-0.15, -0.1) is 0 Å². The van der Waals surface area contributed by atoms with Crippen molar-refractivity contribution < 1.29 is 40.6 Å². The molecule has 0 amide bonds. The topological polar surface area (TPSA) is 62.2 Å². The van der Waals surface area contributed by atoms with E-state index >= 15 is 0 Å². The molecular formula is C22H15F7N2O2. The number of aromatic nitrogens is 1. The first-order valence-electron chi connectivity index (χ1n) is 9.31. The Bertz CT molecular complexity index is 1130. The quantitative estimate of drug-likeness (QED) is 0.443. The van der Waals surface area contributed by atoms with Crippen LogP contribution >= 0.6 is 0 Å². The number of nitrogens with one attached hydrogen (secondary N) is 1. The molecule has 0 aliphatic carbocycles. The second kappa shape index (κ2) is 9.18. The van der Waals surface area contributed by atoms with Gasteiger partial charge in [0.05, 0.1) is 11.1 Å². The number of rotatable bonds is 6. The molecule has 1 aromatic heterocycles. The molecule has 1 heterocycles. The van der Waals surface area contributed by atoms with Gasteiger partial charge in [0.25, 0.3) is 0 Å². The molecule has 1 atom stereocenters. The molecule has 11 heteroatoms. The van der Waals surface area contributed by atoms with Gasteiger partial charge in [-0.3, -0.25) is 15.1 Å².